The second kappa shape index (κ2) is 9.22. The minimum absolute atomic E-state index is 0.0171. The van der Waals surface area contributed by atoms with Crippen molar-refractivity contribution < 1.29 is 31.1 Å². The molecule has 3 saturated heterocycles. The SMILES string of the molecule is CN1CC2CCC1CN2c1cc2c(c(C(F)(F)F)c1)CN(c1cccc(C(F)C(F)(F)c3nncn3C)c1)C2=O. The van der Waals surface area contributed by atoms with Crippen molar-refractivity contribution in [1.82, 2.24) is 19.7 Å². The highest BCUT2D eigenvalue weighted by molar-refractivity contribution is 6.11. The summed E-state index contributed by atoms with van der Waals surface area (Å²) in [5.41, 5.74) is -1.27. The first-order chi connectivity index (χ1) is 18.9. The Hall–Kier alpha value is -3.61. The molecule has 3 aromatic rings. The molecular formula is C27H26F6N6O. The van der Waals surface area contributed by atoms with Crippen molar-refractivity contribution in [2.75, 3.05) is 29.9 Å². The van der Waals surface area contributed by atoms with Gasteiger partial charge < -0.3 is 14.4 Å². The van der Waals surface area contributed by atoms with Gasteiger partial charge in [-0.1, -0.05) is 12.1 Å². The van der Waals surface area contributed by atoms with E-state index in [9.17, 15) is 26.7 Å². The smallest absolute Gasteiger partial charge is 0.366 e. The highest BCUT2D eigenvalue weighted by atomic mass is 19.4. The summed E-state index contributed by atoms with van der Waals surface area (Å²) in [6, 6.07) is 7.72. The normalized spacial score (nSPS) is 22.2. The maximum absolute atomic E-state index is 15.2. The number of benzene rings is 2. The number of anilines is 2. The van der Waals surface area contributed by atoms with Crippen molar-refractivity contribution in [1.29, 1.82) is 0 Å². The first-order valence-electron chi connectivity index (χ1n) is 12.9. The van der Waals surface area contributed by atoms with Gasteiger partial charge in [-0.2, -0.15) is 22.0 Å². The Kier molecular flexibility index (Phi) is 6.13. The molecule has 4 aliphatic heterocycles. The monoisotopic (exact) mass is 564 g/mol. The van der Waals surface area contributed by atoms with Crippen molar-refractivity contribution in [3.63, 3.8) is 0 Å². The Morgan fingerprint density at radius 3 is 2.35 bits per heavy atom. The second-order valence-electron chi connectivity index (χ2n) is 10.7. The van der Waals surface area contributed by atoms with Crippen LogP contribution in [0.2, 0.25) is 0 Å². The van der Waals surface area contributed by atoms with E-state index in [1.165, 1.54) is 25.2 Å². The van der Waals surface area contributed by atoms with Crippen LogP contribution in [0.1, 0.15) is 51.9 Å². The number of halogens is 6. The number of aromatic nitrogens is 3. The van der Waals surface area contributed by atoms with Crippen LogP contribution in [0.3, 0.4) is 0 Å². The zero-order chi connectivity index (χ0) is 28.6. The third-order valence-electron chi connectivity index (χ3n) is 8.27. The number of alkyl halides is 6. The van der Waals surface area contributed by atoms with Crippen molar-refractivity contribution in [3.05, 3.63) is 70.8 Å². The number of aryl methyl sites for hydroxylation is 1. The molecule has 3 unspecified atom stereocenters. The lowest BCUT2D eigenvalue weighted by atomic mass is 9.90. The zero-order valence-electron chi connectivity index (χ0n) is 21.7. The fourth-order valence-corrected chi connectivity index (χ4v) is 6.13. The molecule has 0 aliphatic carbocycles. The molecule has 0 radical (unpaired) electrons. The van der Waals surface area contributed by atoms with Gasteiger partial charge in [0.1, 0.15) is 6.33 Å². The van der Waals surface area contributed by atoms with Crippen LogP contribution in [0.4, 0.5) is 37.7 Å². The molecule has 4 aliphatic rings. The maximum Gasteiger partial charge on any atom is 0.416 e. The zero-order valence-corrected chi connectivity index (χ0v) is 21.7. The number of rotatable bonds is 5. The van der Waals surface area contributed by atoms with E-state index in [1.54, 1.807) is 0 Å². The molecular weight excluding hydrogens is 538 g/mol. The van der Waals surface area contributed by atoms with E-state index in [4.69, 9.17) is 0 Å². The van der Waals surface area contributed by atoms with Crippen LogP contribution in [-0.4, -0.2) is 57.8 Å². The number of likely N-dealkylation sites (N-methyl/N-ethyl adjacent to an activating group) is 1. The third kappa shape index (κ3) is 4.21. The Morgan fingerprint density at radius 1 is 0.975 bits per heavy atom. The average molecular weight is 565 g/mol. The number of nitrogens with zero attached hydrogens (tertiary/aromatic N) is 6. The predicted octanol–water partition coefficient (Wildman–Crippen LogP) is 5.08. The molecule has 40 heavy (non-hydrogen) atoms. The van der Waals surface area contributed by atoms with E-state index in [0.29, 0.717) is 12.2 Å². The minimum Gasteiger partial charge on any atom is -0.366 e. The van der Waals surface area contributed by atoms with Crippen LogP contribution in [0.5, 0.6) is 0 Å². The Balaban J connectivity index is 1.34. The van der Waals surface area contributed by atoms with Gasteiger partial charge in [0.15, 0.2) is 6.17 Å². The van der Waals surface area contributed by atoms with Crippen LogP contribution in [0, 0.1) is 0 Å². The summed E-state index contributed by atoms with van der Waals surface area (Å²) in [5, 5.41) is 6.69. The molecule has 0 spiro atoms. The molecule has 5 heterocycles. The van der Waals surface area contributed by atoms with Crippen LogP contribution >= 0.6 is 0 Å². The third-order valence-corrected chi connectivity index (χ3v) is 8.27. The molecule has 7 nitrogen and oxygen atoms in total. The number of hydrogen-bond acceptors (Lipinski definition) is 5. The molecule has 1 amide bonds. The van der Waals surface area contributed by atoms with Gasteiger partial charge in [0, 0.05) is 49.2 Å². The van der Waals surface area contributed by atoms with E-state index in [-0.39, 0.29) is 28.9 Å². The molecule has 7 rings (SSSR count). The van der Waals surface area contributed by atoms with E-state index in [2.05, 4.69) is 15.1 Å². The fourth-order valence-electron chi connectivity index (χ4n) is 6.13. The van der Waals surface area contributed by atoms with Crippen LogP contribution < -0.4 is 9.80 Å². The van der Waals surface area contributed by atoms with Crippen LogP contribution in [-0.2, 0) is 25.7 Å². The van der Waals surface area contributed by atoms with Gasteiger partial charge in [0.25, 0.3) is 5.91 Å². The number of amides is 1. The van der Waals surface area contributed by atoms with Gasteiger partial charge in [0.2, 0.25) is 5.82 Å². The molecule has 0 saturated carbocycles. The second-order valence-corrected chi connectivity index (χ2v) is 10.7. The number of carbonyl (C=O) groups is 1. The predicted molar refractivity (Wildman–Crippen MR) is 134 cm³/mol. The quantitative estimate of drug-likeness (QED) is 0.405. The lowest BCUT2D eigenvalue weighted by molar-refractivity contribution is -0.138. The summed E-state index contributed by atoms with van der Waals surface area (Å²) in [6.07, 6.45) is -4.72. The summed E-state index contributed by atoms with van der Waals surface area (Å²) in [5.74, 6) is -5.62. The van der Waals surface area contributed by atoms with Gasteiger partial charge in [-0.3, -0.25) is 9.69 Å². The van der Waals surface area contributed by atoms with Crippen molar-refractivity contribution in [3.8, 4) is 0 Å². The van der Waals surface area contributed by atoms with Crippen LogP contribution in [0.15, 0.2) is 42.7 Å². The van der Waals surface area contributed by atoms with E-state index in [1.807, 2.05) is 11.9 Å². The van der Waals surface area contributed by atoms with Gasteiger partial charge in [-0.15, -0.1) is 10.2 Å². The first kappa shape index (κ1) is 26.6. The molecule has 1 aromatic heterocycles. The highest BCUT2D eigenvalue weighted by Crippen LogP contribution is 2.45. The summed E-state index contributed by atoms with van der Waals surface area (Å²) in [4.78, 5) is 18.7. The molecule has 0 N–H and O–H groups in total. The van der Waals surface area contributed by atoms with E-state index >= 15 is 4.39 Å². The van der Waals surface area contributed by atoms with Crippen molar-refractivity contribution >= 4 is 17.3 Å². The number of fused-ring (bicyclic) bond motifs is 4. The van der Waals surface area contributed by atoms with Crippen LogP contribution in [0.25, 0.3) is 0 Å². The Labute approximate surface area is 226 Å². The molecule has 3 atom stereocenters. The van der Waals surface area contributed by atoms with Crippen molar-refractivity contribution in [2.24, 2.45) is 7.05 Å². The first-order valence-corrected chi connectivity index (χ1v) is 12.9. The van der Waals surface area contributed by atoms with Gasteiger partial charge in [-0.25, -0.2) is 4.39 Å². The summed E-state index contributed by atoms with van der Waals surface area (Å²) in [6.45, 7) is 0.867. The highest BCUT2D eigenvalue weighted by Gasteiger charge is 2.48. The fraction of sp³-hybridized carbons (Fsp3) is 0.444. The van der Waals surface area contributed by atoms with Gasteiger partial charge in [0.05, 0.1) is 12.1 Å². The number of piperidine rings is 2. The molecule has 3 fully saturated rings. The Bertz CT molecular complexity index is 1470. The average Bonchev–Trinajstić information content (AvgIpc) is 3.51. The summed E-state index contributed by atoms with van der Waals surface area (Å²) in [7, 11) is 3.25. The molecule has 2 aromatic carbocycles. The van der Waals surface area contributed by atoms with E-state index < -0.39 is 47.7 Å². The summed E-state index contributed by atoms with van der Waals surface area (Å²) >= 11 is 0. The lowest BCUT2D eigenvalue weighted by Crippen LogP contribution is -2.61. The topological polar surface area (TPSA) is 57.5 Å². The van der Waals surface area contributed by atoms with Gasteiger partial charge >= 0.3 is 12.1 Å². The largest absolute Gasteiger partial charge is 0.416 e. The maximum atomic E-state index is 15.2. The van der Waals surface area contributed by atoms with Gasteiger partial charge in [-0.05, 0) is 55.3 Å². The van der Waals surface area contributed by atoms with E-state index in [0.717, 1.165) is 53.4 Å². The number of hydrogen-bond donors (Lipinski definition) is 0. The Morgan fingerprint density at radius 2 is 1.73 bits per heavy atom. The minimum atomic E-state index is -4.72. The molecule has 13 heteroatoms. The lowest BCUT2D eigenvalue weighted by Gasteiger charge is -2.51. The number of carbonyl (C=O) groups excluding carboxylic acids is 1. The molecule has 212 valence electrons. The molecule has 2 bridgehead atoms. The number of piperazine rings is 1. The standard InChI is InChI=1S/C27H26F6N6O/c1-36-11-18-7-6-17(36)12-38(18)19-9-20-21(22(10-19)27(31,32)33)13-39(24(20)40)16-5-3-4-15(8-16)23(28)26(29,30)25-35-34-14-37(25)2/h3-5,8-10,14,17-18,23H,6-7,11-13H2,1-2H3. The van der Waals surface area contributed by atoms with Crippen molar-refractivity contribution in [2.45, 2.75) is 49.7 Å². The summed E-state index contributed by atoms with van der Waals surface area (Å²) < 4.78 is 88.7.